The van der Waals surface area contributed by atoms with Crippen molar-refractivity contribution in [2.45, 2.75) is 17.7 Å². The van der Waals surface area contributed by atoms with Crippen molar-refractivity contribution >= 4 is 22.4 Å². The van der Waals surface area contributed by atoms with Crippen LogP contribution >= 0.6 is 12.4 Å². The molecule has 0 bridgehead atoms. The third-order valence-corrected chi connectivity index (χ3v) is 5.60. The van der Waals surface area contributed by atoms with Crippen LogP contribution in [0.2, 0.25) is 0 Å². The molecule has 7 heteroatoms. The third-order valence-electron chi connectivity index (χ3n) is 3.69. The number of sulfonamides is 1. The van der Waals surface area contributed by atoms with E-state index in [0.29, 0.717) is 24.6 Å². The van der Waals surface area contributed by atoms with Crippen molar-refractivity contribution in [1.82, 2.24) is 9.62 Å². The van der Waals surface area contributed by atoms with E-state index < -0.39 is 10.0 Å². The smallest absolute Gasteiger partial charge is 0.243 e. The van der Waals surface area contributed by atoms with Crippen LogP contribution in [0.25, 0.3) is 0 Å². The molecule has 1 aliphatic rings. The number of nitriles is 1. The summed E-state index contributed by atoms with van der Waals surface area (Å²) in [7, 11) is -1.51. The summed E-state index contributed by atoms with van der Waals surface area (Å²) < 4.78 is 26.5. The molecule has 1 fully saturated rings. The van der Waals surface area contributed by atoms with Gasteiger partial charge in [0.1, 0.15) is 0 Å². The normalized spacial score (nSPS) is 17.0. The first-order chi connectivity index (χ1) is 9.57. The largest absolute Gasteiger partial charge is 0.319 e. The van der Waals surface area contributed by atoms with Gasteiger partial charge in [0.2, 0.25) is 10.0 Å². The Bertz CT molecular complexity index is 588. The highest BCUT2D eigenvalue weighted by Gasteiger charge is 2.28. The van der Waals surface area contributed by atoms with Gasteiger partial charge in [0.05, 0.1) is 16.5 Å². The third kappa shape index (κ3) is 4.17. The molecule has 0 spiro atoms. The van der Waals surface area contributed by atoms with Crippen molar-refractivity contribution in [3.63, 3.8) is 0 Å². The average molecular weight is 330 g/mol. The van der Waals surface area contributed by atoms with Gasteiger partial charge in [-0.15, -0.1) is 12.4 Å². The molecule has 5 nitrogen and oxygen atoms in total. The number of nitrogens with zero attached hydrogens (tertiary/aromatic N) is 2. The van der Waals surface area contributed by atoms with Crippen LogP contribution in [0.15, 0.2) is 29.2 Å². The molecule has 1 heterocycles. The average Bonchev–Trinajstić information content (AvgIpc) is 2.48. The molecule has 0 aliphatic carbocycles. The molecule has 0 aromatic heterocycles. The number of hydrogen-bond donors (Lipinski definition) is 1. The second kappa shape index (κ2) is 7.76. The van der Waals surface area contributed by atoms with E-state index >= 15 is 0 Å². The predicted octanol–water partition coefficient (Wildman–Crippen LogP) is 1.60. The van der Waals surface area contributed by atoms with Crippen molar-refractivity contribution in [1.29, 1.82) is 5.26 Å². The van der Waals surface area contributed by atoms with Gasteiger partial charge in [-0.3, -0.25) is 0 Å². The zero-order valence-electron chi connectivity index (χ0n) is 11.9. The fourth-order valence-corrected chi connectivity index (χ4v) is 3.96. The zero-order chi connectivity index (χ0) is 14.6. The molecule has 2 rings (SSSR count). The monoisotopic (exact) mass is 329 g/mol. The van der Waals surface area contributed by atoms with E-state index in [2.05, 4.69) is 5.32 Å². The van der Waals surface area contributed by atoms with E-state index in [0.717, 1.165) is 19.4 Å². The quantitative estimate of drug-likeness (QED) is 0.910. The highest BCUT2D eigenvalue weighted by Crippen LogP contribution is 2.23. The summed E-state index contributed by atoms with van der Waals surface area (Å²) in [6, 6.07) is 8.09. The van der Waals surface area contributed by atoms with Crippen LogP contribution < -0.4 is 5.32 Å². The molecule has 1 aromatic carbocycles. The molecule has 0 atom stereocenters. The molecule has 0 saturated carbocycles. The topological polar surface area (TPSA) is 73.2 Å². The minimum absolute atomic E-state index is 0. The fourth-order valence-electron chi connectivity index (χ4n) is 2.49. The van der Waals surface area contributed by atoms with Gasteiger partial charge in [-0.2, -0.15) is 9.57 Å². The lowest BCUT2D eigenvalue weighted by molar-refractivity contribution is 0.270. The maximum atomic E-state index is 12.5. The first-order valence-corrected chi connectivity index (χ1v) is 8.17. The number of rotatable bonds is 4. The van der Waals surface area contributed by atoms with Crippen LogP contribution in [-0.4, -0.2) is 39.4 Å². The maximum absolute atomic E-state index is 12.5. The minimum Gasteiger partial charge on any atom is -0.319 e. The van der Waals surface area contributed by atoms with Gasteiger partial charge in [0.15, 0.2) is 0 Å². The van der Waals surface area contributed by atoms with Crippen molar-refractivity contribution < 1.29 is 8.42 Å². The van der Waals surface area contributed by atoms with Crippen LogP contribution in [0.1, 0.15) is 18.4 Å². The summed E-state index contributed by atoms with van der Waals surface area (Å²) in [5.74, 6) is 0.549. The zero-order valence-corrected chi connectivity index (χ0v) is 13.6. The number of halogens is 1. The van der Waals surface area contributed by atoms with Gasteiger partial charge in [0, 0.05) is 13.1 Å². The first kappa shape index (κ1) is 17.9. The SMILES string of the molecule is CNCC1CCN(S(=O)(=O)c2ccc(C#N)cc2)CC1.Cl. The van der Waals surface area contributed by atoms with Crippen LogP contribution in [-0.2, 0) is 10.0 Å². The molecular weight excluding hydrogens is 310 g/mol. The Morgan fingerprint density at radius 2 is 1.86 bits per heavy atom. The van der Waals surface area contributed by atoms with Crippen molar-refractivity contribution in [2.75, 3.05) is 26.7 Å². The number of hydrogen-bond acceptors (Lipinski definition) is 4. The first-order valence-electron chi connectivity index (χ1n) is 6.73. The fraction of sp³-hybridized carbons (Fsp3) is 0.500. The van der Waals surface area contributed by atoms with E-state index in [9.17, 15) is 8.42 Å². The Morgan fingerprint density at radius 3 is 2.33 bits per heavy atom. The minimum atomic E-state index is -3.42. The Morgan fingerprint density at radius 1 is 1.29 bits per heavy atom. The van der Waals surface area contributed by atoms with Crippen LogP contribution in [0, 0.1) is 17.2 Å². The van der Waals surface area contributed by atoms with Gasteiger partial charge in [-0.05, 0) is 56.6 Å². The standard InChI is InChI=1S/C14H19N3O2S.ClH/c1-16-11-13-6-8-17(9-7-13)20(18,19)14-4-2-12(10-15)3-5-14;/h2-5,13,16H,6-9,11H2,1H3;1H. The lowest BCUT2D eigenvalue weighted by Gasteiger charge is -2.31. The van der Waals surface area contributed by atoms with E-state index in [4.69, 9.17) is 5.26 Å². The summed E-state index contributed by atoms with van der Waals surface area (Å²) in [6.45, 7) is 2.06. The van der Waals surface area contributed by atoms with Crippen molar-refractivity contribution in [3.8, 4) is 6.07 Å². The number of nitrogens with one attached hydrogen (secondary N) is 1. The Hall–Kier alpha value is -1.13. The van der Waals surface area contributed by atoms with E-state index in [-0.39, 0.29) is 17.3 Å². The van der Waals surface area contributed by atoms with E-state index in [1.165, 1.54) is 12.1 Å². The van der Waals surface area contributed by atoms with Crippen LogP contribution in [0.4, 0.5) is 0 Å². The molecular formula is C14H20ClN3O2S. The second-order valence-corrected chi connectivity index (χ2v) is 6.98. The summed E-state index contributed by atoms with van der Waals surface area (Å²) >= 11 is 0. The summed E-state index contributed by atoms with van der Waals surface area (Å²) in [5, 5.41) is 11.9. The van der Waals surface area contributed by atoms with Gasteiger partial charge in [-0.25, -0.2) is 8.42 Å². The van der Waals surface area contributed by atoms with Crippen molar-refractivity contribution in [3.05, 3.63) is 29.8 Å². The molecule has 21 heavy (non-hydrogen) atoms. The van der Waals surface area contributed by atoms with Crippen LogP contribution in [0.5, 0.6) is 0 Å². The Kier molecular flexibility index (Phi) is 6.62. The molecule has 1 N–H and O–H groups in total. The van der Waals surface area contributed by atoms with Gasteiger partial charge in [-0.1, -0.05) is 0 Å². The summed E-state index contributed by atoms with van der Waals surface area (Å²) in [5.41, 5.74) is 0.469. The van der Waals surface area contributed by atoms with Crippen molar-refractivity contribution in [2.24, 2.45) is 5.92 Å². The molecule has 0 radical (unpaired) electrons. The highest BCUT2D eigenvalue weighted by molar-refractivity contribution is 7.89. The molecule has 1 aliphatic heterocycles. The lowest BCUT2D eigenvalue weighted by atomic mass is 9.98. The summed E-state index contributed by atoms with van der Waals surface area (Å²) in [6.07, 6.45) is 1.77. The Labute approximate surface area is 132 Å². The second-order valence-electron chi connectivity index (χ2n) is 5.04. The van der Waals surface area contributed by atoms with E-state index in [1.807, 2.05) is 13.1 Å². The maximum Gasteiger partial charge on any atom is 0.243 e. The van der Waals surface area contributed by atoms with Gasteiger partial charge in [0.25, 0.3) is 0 Å². The summed E-state index contributed by atoms with van der Waals surface area (Å²) in [4.78, 5) is 0.267. The van der Waals surface area contributed by atoms with Gasteiger partial charge < -0.3 is 5.32 Å². The number of piperidine rings is 1. The molecule has 1 aromatic rings. The Balaban J connectivity index is 0.00000220. The molecule has 0 amide bonds. The molecule has 116 valence electrons. The van der Waals surface area contributed by atoms with Gasteiger partial charge >= 0.3 is 0 Å². The lowest BCUT2D eigenvalue weighted by Crippen LogP contribution is -2.40. The highest BCUT2D eigenvalue weighted by atomic mass is 35.5. The molecule has 0 unspecified atom stereocenters. The number of benzene rings is 1. The predicted molar refractivity (Wildman–Crippen MR) is 83.8 cm³/mol. The van der Waals surface area contributed by atoms with E-state index in [1.54, 1.807) is 16.4 Å². The molecule has 1 saturated heterocycles. The van der Waals surface area contributed by atoms with Crippen LogP contribution in [0.3, 0.4) is 0 Å².